The lowest BCUT2D eigenvalue weighted by Gasteiger charge is -2.29. The maximum atomic E-state index is 5.55. The third kappa shape index (κ3) is 3.56. The van der Waals surface area contributed by atoms with Crippen LogP contribution in [0.2, 0.25) is 0 Å². The quantitative estimate of drug-likeness (QED) is 0.802. The Hall–Kier alpha value is -1.02. The van der Waals surface area contributed by atoms with E-state index < -0.39 is 0 Å². The average molecular weight is 206 g/mol. The minimum Gasteiger partial charge on any atom is -0.369 e. The van der Waals surface area contributed by atoms with Crippen molar-refractivity contribution in [2.45, 2.75) is 33.2 Å². The highest BCUT2D eigenvalue weighted by Gasteiger charge is 2.08. The number of hydrogen-bond acceptors (Lipinski definition) is 2. The summed E-state index contributed by atoms with van der Waals surface area (Å²) in [5.74, 6) is 0. The van der Waals surface area contributed by atoms with Gasteiger partial charge in [-0.1, -0.05) is 17.7 Å². The van der Waals surface area contributed by atoms with Crippen LogP contribution in [0, 0.1) is 6.92 Å². The average Bonchev–Trinajstić information content (AvgIpc) is 2.21. The molecule has 0 unspecified atom stereocenters. The van der Waals surface area contributed by atoms with E-state index >= 15 is 0 Å². The lowest BCUT2D eigenvalue weighted by atomic mass is 10.2. The molecule has 1 rings (SSSR count). The first-order chi connectivity index (χ1) is 7.15. The highest BCUT2D eigenvalue weighted by Crippen LogP contribution is 2.17. The van der Waals surface area contributed by atoms with Crippen molar-refractivity contribution in [1.82, 2.24) is 0 Å². The highest BCUT2D eigenvalue weighted by atomic mass is 15.1. The lowest BCUT2D eigenvalue weighted by Crippen LogP contribution is -2.32. The molecule has 2 N–H and O–H groups in total. The molecule has 84 valence electrons. The molecule has 0 bridgehead atoms. The molecule has 15 heavy (non-hydrogen) atoms. The van der Waals surface area contributed by atoms with E-state index in [9.17, 15) is 0 Å². The van der Waals surface area contributed by atoms with Gasteiger partial charge in [-0.2, -0.15) is 0 Å². The topological polar surface area (TPSA) is 29.3 Å². The van der Waals surface area contributed by atoms with Crippen molar-refractivity contribution in [2.24, 2.45) is 5.73 Å². The smallest absolute Gasteiger partial charge is 0.0368 e. The summed E-state index contributed by atoms with van der Waals surface area (Å²) < 4.78 is 0. The summed E-state index contributed by atoms with van der Waals surface area (Å²) in [5.41, 5.74) is 8.15. The van der Waals surface area contributed by atoms with E-state index in [1.54, 1.807) is 0 Å². The third-order valence-corrected chi connectivity index (χ3v) is 2.59. The Morgan fingerprint density at radius 1 is 1.20 bits per heavy atom. The number of rotatable bonds is 5. The van der Waals surface area contributed by atoms with Crippen LogP contribution in [-0.2, 0) is 0 Å². The molecule has 0 aliphatic heterocycles. The van der Waals surface area contributed by atoms with Crippen molar-refractivity contribution in [3.63, 3.8) is 0 Å². The number of benzene rings is 1. The van der Waals surface area contributed by atoms with E-state index in [0.29, 0.717) is 6.04 Å². The third-order valence-electron chi connectivity index (χ3n) is 2.59. The Morgan fingerprint density at radius 2 is 1.80 bits per heavy atom. The summed E-state index contributed by atoms with van der Waals surface area (Å²) in [6.45, 7) is 8.35. The fraction of sp³-hybridized carbons (Fsp3) is 0.538. The Morgan fingerprint density at radius 3 is 2.27 bits per heavy atom. The fourth-order valence-electron chi connectivity index (χ4n) is 1.68. The van der Waals surface area contributed by atoms with Crippen LogP contribution in [0.25, 0.3) is 0 Å². The standard InChI is InChI=1S/C13H22N2/c1-11(2)15(10-4-9-14)13-7-5-12(3)6-8-13/h5-8,11H,4,9-10,14H2,1-3H3. The van der Waals surface area contributed by atoms with Crippen LogP contribution in [0.15, 0.2) is 24.3 Å². The Labute approximate surface area is 93.1 Å². The molecule has 0 amide bonds. The molecule has 0 saturated carbocycles. The zero-order chi connectivity index (χ0) is 11.3. The zero-order valence-electron chi connectivity index (χ0n) is 10.0. The molecule has 0 heterocycles. The summed E-state index contributed by atoms with van der Waals surface area (Å²) in [6.07, 6.45) is 1.05. The van der Waals surface area contributed by atoms with Crippen LogP contribution in [-0.4, -0.2) is 19.1 Å². The number of anilines is 1. The second kappa shape index (κ2) is 5.76. The normalized spacial score (nSPS) is 10.7. The van der Waals surface area contributed by atoms with Gasteiger partial charge in [0.05, 0.1) is 0 Å². The summed E-state index contributed by atoms with van der Waals surface area (Å²) in [6, 6.07) is 9.22. The molecular formula is C13H22N2. The summed E-state index contributed by atoms with van der Waals surface area (Å²) in [4.78, 5) is 2.40. The number of aryl methyl sites for hydroxylation is 1. The van der Waals surface area contributed by atoms with E-state index in [-0.39, 0.29) is 0 Å². The van der Waals surface area contributed by atoms with Crippen molar-refractivity contribution in [3.05, 3.63) is 29.8 Å². The molecule has 0 aliphatic carbocycles. The molecular weight excluding hydrogens is 184 g/mol. The molecule has 0 fully saturated rings. The van der Waals surface area contributed by atoms with Crippen LogP contribution < -0.4 is 10.6 Å². The van der Waals surface area contributed by atoms with E-state index in [1.165, 1.54) is 11.3 Å². The molecule has 0 aliphatic rings. The second-order valence-corrected chi connectivity index (χ2v) is 4.26. The van der Waals surface area contributed by atoms with Gasteiger partial charge < -0.3 is 10.6 Å². The molecule has 0 radical (unpaired) electrons. The number of hydrogen-bond donors (Lipinski definition) is 1. The first-order valence-electron chi connectivity index (χ1n) is 5.68. The van der Waals surface area contributed by atoms with Crippen LogP contribution in [0.4, 0.5) is 5.69 Å². The summed E-state index contributed by atoms with van der Waals surface area (Å²) >= 11 is 0. The SMILES string of the molecule is Cc1ccc(N(CCCN)C(C)C)cc1. The monoisotopic (exact) mass is 206 g/mol. The van der Waals surface area contributed by atoms with Crippen LogP contribution >= 0.6 is 0 Å². The van der Waals surface area contributed by atoms with Crippen molar-refractivity contribution < 1.29 is 0 Å². The van der Waals surface area contributed by atoms with Gasteiger partial charge in [0.2, 0.25) is 0 Å². The van der Waals surface area contributed by atoms with Gasteiger partial charge in [-0.05, 0) is 45.9 Å². The molecule has 0 atom stereocenters. The van der Waals surface area contributed by atoms with E-state index in [1.807, 2.05) is 0 Å². The molecule has 2 heteroatoms. The molecule has 2 nitrogen and oxygen atoms in total. The maximum Gasteiger partial charge on any atom is 0.0368 e. The number of nitrogens with two attached hydrogens (primary N) is 1. The molecule has 0 aromatic heterocycles. The highest BCUT2D eigenvalue weighted by molar-refractivity contribution is 5.48. The zero-order valence-corrected chi connectivity index (χ0v) is 10.0. The lowest BCUT2D eigenvalue weighted by molar-refractivity contribution is 0.657. The van der Waals surface area contributed by atoms with Crippen molar-refractivity contribution in [2.75, 3.05) is 18.0 Å². The molecule has 0 spiro atoms. The van der Waals surface area contributed by atoms with Crippen molar-refractivity contribution in [1.29, 1.82) is 0 Å². The summed E-state index contributed by atoms with van der Waals surface area (Å²) in [7, 11) is 0. The van der Waals surface area contributed by atoms with Gasteiger partial charge in [0, 0.05) is 18.3 Å². The molecule has 0 saturated heterocycles. The van der Waals surface area contributed by atoms with Gasteiger partial charge in [-0.15, -0.1) is 0 Å². The molecule has 1 aromatic rings. The predicted octanol–water partition coefficient (Wildman–Crippen LogP) is 2.56. The van der Waals surface area contributed by atoms with Crippen LogP contribution in [0.1, 0.15) is 25.8 Å². The minimum atomic E-state index is 0.527. The number of nitrogens with zero attached hydrogens (tertiary/aromatic N) is 1. The van der Waals surface area contributed by atoms with E-state index in [0.717, 1.165) is 19.5 Å². The Bertz CT molecular complexity index is 277. The van der Waals surface area contributed by atoms with Crippen molar-refractivity contribution in [3.8, 4) is 0 Å². The fourth-order valence-corrected chi connectivity index (χ4v) is 1.68. The minimum absolute atomic E-state index is 0.527. The van der Waals surface area contributed by atoms with E-state index in [4.69, 9.17) is 5.73 Å². The Balaban J connectivity index is 2.74. The maximum absolute atomic E-state index is 5.55. The largest absolute Gasteiger partial charge is 0.369 e. The van der Waals surface area contributed by atoms with Gasteiger partial charge >= 0.3 is 0 Å². The van der Waals surface area contributed by atoms with Gasteiger partial charge in [-0.3, -0.25) is 0 Å². The summed E-state index contributed by atoms with van der Waals surface area (Å²) in [5, 5.41) is 0. The second-order valence-electron chi connectivity index (χ2n) is 4.26. The van der Waals surface area contributed by atoms with Crippen molar-refractivity contribution >= 4 is 5.69 Å². The first-order valence-corrected chi connectivity index (χ1v) is 5.68. The van der Waals surface area contributed by atoms with E-state index in [2.05, 4.69) is 49.9 Å². The van der Waals surface area contributed by atoms with Gasteiger partial charge in [0.25, 0.3) is 0 Å². The van der Waals surface area contributed by atoms with Gasteiger partial charge in [-0.25, -0.2) is 0 Å². The van der Waals surface area contributed by atoms with Crippen LogP contribution in [0.5, 0.6) is 0 Å². The predicted molar refractivity (Wildman–Crippen MR) is 67.3 cm³/mol. The van der Waals surface area contributed by atoms with Gasteiger partial charge in [0.1, 0.15) is 0 Å². The Kier molecular flexibility index (Phi) is 4.63. The first kappa shape index (κ1) is 12.1. The van der Waals surface area contributed by atoms with Gasteiger partial charge in [0.15, 0.2) is 0 Å². The molecule has 1 aromatic carbocycles. The van der Waals surface area contributed by atoms with Crippen LogP contribution in [0.3, 0.4) is 0 Å².